The summed E-state index contributed by atoms with van der Waals surface area (Å²) in [5, 5.41) is 11.0. The van der Waals surface area contributed by atoms with Crippen LogP contribution in [0.4, 0.5) is 14.5 Å². The van der Waals surface area contributed by atoms with E-state index in [9.17, 15) is 18.9 Å². The van der Waals surface area contributed by atoms with Crippen LogP contribution in [0, 0.1) is 10.1 Å². The lowest BCUT2D eigenvalue weighted by Crippen LogP contribution is -2.55. The van der Waals surface area contributed by atoms with Crippen LogP contribution in [-0.2, 0) is 5.54 Å². The first-order valence-electron chi connectivity index (χ1n) is 4.85. The topological polar surface area (TPSA) is 69.2 Å². The van der Waals surface area contributed by atoms with E-state index >= 15 is 0 Å². The van der Waals surface area contributed by atoms with E-state index in [4.69, 9.17) is 17.3 Å². The SMILES string of the molecule is NC1(c2cc(Cl)ccc2[N+](=O)[O-])CC(F)(F)C1. The summed E-state index contributed by atoms with van der Waals surface area (Å²) < 4.78 is 25.7. The predicted octanol–water partition coefficient (Wildman–Crippen LogP) is 2.83. The van der Waals surface area contributed by atoms with Gasteiger partial charge in [-0.15, -0.1) is 0 Å². The molecule has 92 valence electrons. The first-order chi connectivity index (χ1) is 7.73. The molecule has 0 bridgehead atoms. The molecule has 1 aromatic rings. The molecule has 2 N–H and O–H groups in total. The number of nitrogens with two attached hydrogens (primary N) is 1. The molecule has 0 heterocycles. The fourth-order valence-corrected chi connectivity index (χ4v) is 2.30. The van der Waals surface area contributed by atoms with Crippen molar-refractivity contribution in [2.45, 2.75) is 24.3 Å². The molecule has 0 aliphatic heterocycles. The molecule has 0 saturated heterocycles. The van der Waals surface area contributed by atoms with E-state index in [-0.39, 0.29) is 16.3 Å². The zero-order valence-electron chi connectivity index (χ0n) is 8.62. The predicted molar refractivity (Wildman–Crippen MR) is 58.2 cm³/mol. The molecule has 2 rings (SSSR count). The van der Waals surface area contributed by atoms with Crippen molar-refractivity contribution in [3.05, 3.63) is 38.9 Å². The third kappa shape index (κ3) is 2.10. The third-order valence-corrected chi connectivity index (χ3v) is 3.07. The summed E-state index contributed by atoms with van der Waals surface area (Å²) in [6.07, 6.45) is -1.19. The maximum absolute atomic E-state index is 12.9. The summed E-state index contributed by atoms with van der Waals surface area (Å²) in [4.78, 5) is 10.2. The van der Waals surface area contributed by atoms with Gasteiger partial charge in [0.2, 0.25) is 0 Å². The Labute approximate surface area is 101 Å². The standard InChI is InChI=1S/C10H9ClF2N2O2/c11-6-1-2-8(15(16)17)7(3-6)9(14)4-10(12,13)5-9/h1-3H,4-5,14H2. The molecule has 0 aromatic heterocycles. The highest BCUT2D eigenvalue weighted by Crippen LogP contribution is 2.52. The van der Waals surface area contributed by atoms with Gasteiger partial charge in [-0.25, -0.2) is 8.78 Å². The maximum atomic E-state index is 12.9. The molecule has 0 unspecified atom stereocenters. The Morgan fingerprint density at radius 1 is 1.41 bits per heavy atom. The molecule has 4 nitrogen and oxygen atoms in total. The van der Waals surface area contributed by atoms with Crippen LogP contribution < -0.4 is 5.73 Å². The van der Waals surface area contributed by atoms with Crippen LogP contribution in [0.5, 0.6) is 0 Å². The average Bonchev–Trinajstić information content (AvgIpc) is 2.13. The first kappa shape index (κ1) is 12.2. The number of hydrogen-bond donors (Lipinski definition) is 1. The molecule has 1 aliphatic carbocycles. The Morgan fingerprint density at radius 2 is 2.00 bits per heavy atom. The Bertz CT molecular complexity index is 485. The molecule has 1 saturated carbocycles. The van der Waals surface area contributed by atoms with Crippen molar-refractivity contribution in [3.8, 4) is 0 Å². The van der Waals surface area contributed by atoms with E-state index in [1.54, 1.807) is 0 Å². The fourth-order valence-electron chi connectivity index (χ4n) is 2.13. The molecular formula is C10H9ClF2N2O2. The second kappa shape index (κ2) is 3.61. The summed E-state index contributed by atoms with van der Waals surface area (Å²) in [5.74, 6) is -2.86. The van der Waals surface area contributed by atoms with Gasteiger partial charge in [0.25, 0.3) is 11.6 Å². The summed E-state index contributed by atoms with van der Waals surface area (Å²) >= 11 is 5.71. The number of nitrogens with zero attached hydrogens (tertiary/aromatic N) is 1. The van der Waals surface area contributed by atoms with Gasteiger partial charge in [0.05, 0.1) is 16.0 Å². The summed E-state index contributed by atoms with van der Waals surface area (Å²) in [6, 6.07) is 3.81. The number of halogens is 3. The van der Waals surface area contributed by atoms with Crippen LogP contribution in [0.15, 0.2) is 18.2 Å². The highest BCUT2D eigenvalue weighted by atomic mass is 35.5. The van der Waals surface area contributed by atoms with Crippen LogP contribution >= 0.6 is 11.6 Å². The van der Waals surface area contributed by atoms with Crippen LogP contribution in [-0.4, -0.2) is 10.8 Å². The van der Waals surface area contributed by atoms with Gasteiger partial charge < -0.3 is 5.73 Å². The number of hydrogen-bond acceptors (Lipinski definition) is 3. The first-order valence-corrected chi connectivity index (χ1v) is 5.22. The number of rotatable bonds is 2. The average molecular weight is 263 g/mol. The van der Waals surface area contributed by atoms with Gasteiger partial charge in [-0.2, -0.15) is 0 Å². The fraction of sp³-hybridized carbons (Fsp3) is 0.400. The highest BCUT2D eigenvalue weighted by Gasteiger charge is 2.57. The van der Waals surface area contributed by atoms with Crippen LogP contribution in [0.3, 0.4) is 0 Å². The second-order valence-electron chi connectivity index (χ2n) is 4.28. The number of nitro benzene ring substituents is 1. The normalized spacial score (nSPS) is 20.7. The molecular weight excluding hydrogens is 254 g/mol. The lowest BCUT2D eigenvalue weighted by molar-refractivity contribution is -0.386. The molecule has 0 radical (unpaired) electrons. The van der Waals surface area contributed by atoms with Gasteiger partial charge in [0.15, 0.2) is 0 Å². The van der Waals surface area contributed by atoms with Gasteiger partial charge in [0.1, 0.15) is 0 Å². The molecule has 0 spiro atoms. The van der Waals surface area contributed by atoms with E-state index in [0.29, 0.717) is 0 Å². The third-order valence-electron chi connectivity index (χ3n) is 2.84. The summed E-state index contributed by atoms with van der Waals surface area (Å²) in [7, 11) is 0. The van der Waals surface area contributed by atoms with Crippen molar-refractivity contribution in [1.29, 1.82) is 0 Å². The van der Waals surface area contributed by atoms with E-state index in [1.165, 1.54) is 18.2 Å². The molecule has 0 atom stereocenters. The van der Waals surface area contributed by atoms with Crippen molar-refractivity contribution >= 4 is 17.3 Å². The van der Waals surface area contributed by atoms with Gasteiger partial charge in [-0.3, -0.25) is 10.1 Å². The van der Waals surface area contributed by atoms with Gasteiger partial charge in [-0.1, -0.05) is 11.6 Å². The Kier molecular flexibility index (Phi) is 2.59. The zero-order chi connectivity index (χ0) is 12.8. The van der Waals surface area contributed by atoms with Crippen molar-refractivity contribution < 1.29 is 13.7 Å². The van der Waals surface area contributed by atoms with E-state index in [0.717, 1.165) is 0 Å². The Morgan fingerprint density at radius 3 is 2.47 bits per heavy atom. The molecule has 0 amide bonds. The molecule has 1 fully saturated rings. The minimum atomic E-state index is -2.86. The van der Waals surface area contributed by atoms with Crippen molar-refractivity contribution in [2.75, 3.05) is 0 Å². The molecule has 1 aromatic carbocycles. The van der Waals surface area contributed by atoms with Crippen molar-refractivity contribution in [2.24, 2.45) is 5.73 Å². The van der Waals surface area contributed by atoms with Gasteiger partial charge >= 0.3 is 0 Å². The largest absolute Gasteiger partial charge is 0.321 e. The van der Waals surface area contributed by atoms with Gasteiger partial charge in [-0.05, 0) is 12.1 Å². The minimum Gasteiger partial charge on any atom is -0.321 e. The maximum Gasteiger partial charge on any atom is 0.274 e. The monoisotopic (exact) mass is 262 g/mol. The Hall–Kier alpha value is -1.27. The van der Waals surface area contributed by atoms with E-state index < -0.39 is 29.2 Å². The lowest BCUT2D eigenvalue weighted by Gasteiger charge is -2.44. The molecule has 17 heavy (non-hydrogen) atoms. The highest BCUT2D eigenvalue weighted by molar-refractivity contribution is 6.30. The summed E-state index contributed by atoms with van der Waals surface area (Å²) in [5.41, 5.74) is 4.20. The van der Waals surface area contributed by atoms with Crippen molar-refractivity contribution in [3.63, 3.8) is 0 Å². The Balaban J connectivity index is 2.45. The van der Waals surface area contributed by atoms with E-state index in [1.807, 2.05) is 0 Å². The second-order valence-corrected chi connectivity index (χ2v) is 4.72. The number of benzene rings is 1. The van der Waals surface area contributed by atoms with Crippen molar-refractivity contribution in [1.82, 2.24) is 0 Å². The van der Waals surface area contributed by atoms with Crippen LogP contribution in [0.25, 0.3) is 0 Å². The minimum absolute atomic E-state index is 0.0703. The molecule has 7 heteroatoms. The zero-order valence-corrected chi connectivity index (χ0v) is 9.38. The summed E-state index contributed by atoms with van der Waals surface area (Å²) in [6.45, 7) is 0. The molecule has 1 aliphatic rings. The van der Waals surface area contributed by atoms with Gasteiger partial charge in [0, 0.05) is 23.9 Å². The quantitative estimate of drug-likeness (QED) is 0.658. The smallest absolute Gasteiger partial charge is 0.274 e. The number of nitro groups is 1. The van der Waals surface area contributed by atoms with E-state index in [2.05, 4.69) is 0 Å². The lowest BCUT2D eigenvalue weighted by atomic mass is 9.69. The van der Waals surface area contributed by atoms with Crippen LogP contribution in [0.2, 0.25) is 5.02 Å². The number of alkyl halides is 2. The van der Waals surface area contributed by atoms with Crippen LogP contribution in [0.1, 0.15) is 18.4 Å².